The first-order chi connectivity index (χ1) is 8.70. The van der Waals surface area contributed by atoms with Gasteiger partial charge in [-0.15, -0.1) is 0 Å². The lowest BCUT2D eigenvalue weighted by atomic mass is 10.2. The van der Waals surface area contributed by atoms with E-state index in [1.165, 1.54) is 0 Å². The van der Waals surface area contributed by atoms with Crippen LogP contribution in [-0.4, -0.2) is 7.11 Å². The highest BCUT2D eigenvalue weighted by molar-refractivity contribution is 14.1. The van der Waals surface area contributed by atoms with E-state index in [2.05, 4.69) is 45.2 Å². The van der Waals surface area contributed by atoms with Gasteiger partial charge in [0.15, 0.2) is 11.5 Å². The molecule has 0 radical (unpaired) electrons. The summed E-state index contributed by atoms with van der Waals surface area (Å²) in [6.07, 6.45) is 0. The molecule has 2 nitrogen and oxygen atoms in total. The molecule has 18 heavy (non-hydrogen) atoms. The fourth-order valence-corrected chi connectivity index (χ4v) is 2.40. The van der Waals surface area contributed by atoms with E-state index < -0.39 is 0 Å². The quantitative estimate of drug-likeness (QED) is 0.620. The highest BCUT2D eigenvalue weighted by Crippen LogP contribution is 2.32. The molecule has 0 bridgehead atoms. The standard InChI is InChI=1S/C14H12I2O2/c1-17-13-7-11(15)12(16)8-14(13)18-9-10-5-3-2-4-6-10/h2-8H,9H2,1H3. The molecule has 2 rings (SSSR count). The second-order valence-electron chi connectivity index (χ2n) is 3.69. The van der Waals surface area contributed by atoms with Gasteiger partial charge in [0.05, 0.1) is 7.11 Å². The van der Waals surface area contributed by atoms with Gasteiger partial charge >= 0.3 is 0 Å². The fourth-order valence-electron chi connectivity index (χ4n) is 1.52. The Morgan fingerprint density at radius 3 is 2.17 bits per heavy atom. The van der Waals surface area contributed by atoms with Crippen LogP contribution in [0, 0.1) is 7.14 Å². The Bertz CT molecular complexity index is 527. The molecule has 94 valence electrons. The van der Waals surface area contributed by atoms with Crippen molar-refractivity contribution in [3.05, 3.63) is 55.2 Å². The molecule has 0 aliphatic rings. The zero-order valence-electron chi connectivity index (χ0n) is 9.82. The topological polar surface area (TPSA) is 18.5 Å². The SMILES string of the molecule is COc1cc(I)c(I)cc1OCc1ccccc1. The predicted octanol–water partition coefficient (Wildman–Crippen LogP) is 4.48. The molecule has 0 aromatic heterocycles. The van der Waals surface area contributed by atoms with E-state index in [4.69, 9.17) is 9.47 Å². The van der Waals surface area contributed by atoms with Crippen molar-refractivity contribution < 1.29 is 9.47 Å². The van der Waals surface area contributed by atoms with Crippen LogP contribution in [0.4, 0.5) is 0 Å². The normalized spacial score (nSPS) is 10.2. The molecular weight excluding hydrogens is 454 g/mol. The molecule has 0 fully saturated rings. The third-order valence-corrected chi connectivity index (χ3v) is 5.26. The first kappa shape index (κ1) is 13.9. The van der Waals surface area contributed by atoms with Crippen LogP contribution in [-0.2, 0) is 6.61 Å². The maximum atomic E-state index is 5.82. The molecule has 4 heteroatoms. The maximum Gasteiger partial charge on any atom is 0.162 e. The average molecular weight is 466 g/mol. The van der Waals surface area contributed by atoms with E-state index in [1.54, 1.807) is 7.11 Å². The molecule has 2 aromatic carbocycles. The molecular formula is C14H12I2O2. The third-order valence-electron chi connectivity index (χ3n) is 2.44. The summed E-state index contributed by atoms with van der Waals surface area (Å²) < 4.78 is 13.5. The molecule has 0 saturated heterocycles. The smallest absolute Gasteiger partial charge is 0.162 e. The number of benzene rings is 2. The Kier molecular flexibility index (Phi) is 5.11. The molecule has 0 spiro atoms. The summed E-state index contributed by atoms with van der Waals surface area (Å²) in [6.45, 7) is 0.549. The minimum atomic E-state index is 0.549. The molecule has 0 N–H and O–H groups in total. The zero-order chi connectivity index (χ0) is 13.0. The molecule has 0 heterocycles. The number of halogens is 2. The van der Waals surface area contributed by atoms with Gasteiger partial charge in [-0.05, 0) is 62.9 Å². The summed E-state index contributed by atoms with van der Waals surface area (Å²) in [7, 11) is 1.66. The van der Waals surface area contributed by atoms with Crippen molar-refractivity contribution in [1.82, 2.24) is 0 Å². The zero-order valence-corrected chi connectivity index (χ0v) is 14.1. The lowest BCUT2D eigenvalue weighted by Crippen LogP contribution is -1.98. The number of rotatable bonds is 4. The van der Waals surface area contributed by atoms with Crippen LogP contribution < -0.4 is 9.47 Å². The summed E-state index contributed by atoms with van der Waals surface area (Å²) in [5.41, 5.74) is 1.15. The number of hydrogen-bond donors (Lipinski definition) is 0. The summed E-state index contributed by atoms with van der Waals surface area (Å²) in [5.74, 6) is 1.56. The molecule has 2 aromatic rings. The average Bonchev–Trinajstić information content (AvgIpc) is 2.41. The Morgan fingerprint density at radius 1 is 0.944 bits per heavy atom. The van der Waals surface area contributed by atoms with Crippen LogP contribution in [0.3, 0.4) is 0 Å². The van der Waals surface area contributed by atoms with Crippen molar-refractivity contribution in [2.75, 3.05) is 7.11 Å². The van der Waals surface area contributed by atoms with E-state index in [-0.39, 0.29) is 0 Å². The maximum absolute atomic E-state index is 5.82. The minimum Gasteiger partial charge on any atom is -0.493 e. The van der Waals surface area contributed by atoms with Crippen molar-refractivity contribution in [3.63, 3.8) is 0 Å². The largest absolute Gasteiger partial charge is 0.493 e. The summed E-state index contributed by atoms with van der Waals surface area (Å²) in [5, 5.41) is 0. The molecule has 0 unspecified atom stereocenters. The van der Waals surface area contributed by atoms with Crippen molar-refractivity contribution in [1.29, 1.82) is 0 Å². The van der Waals surface area contributed by atoms with Crippen molar-refractivity contribution in [2.45, 2.75) is 6.61 Å². The molecule has 0 atom stereocenters. The highest BCUT2D eigenvalue weighted by atomic mass is 127. The van der Waals surface area contributed by atoms with Gasteiger partial charge in [0.2, 0.25) is 0 Å². The fraction of sp³-hybridized carbons (Fsp3) is 0.143. The lowest BCUT2D eigenvalue weighted by molar-refractivity contribution is 0.284. The van der Waals surface area contributed by atoms with Gasteiger partial charge in [-0.1, -0.05) is 30.3 Å². The van der Waals surface area contributed by atoms with Gasteiger partial charge in [0.25, 0.3) is 0 Å². The molecule has 0 amide bonds. The van der Waals surface area contributed by atoms with E-state index in [1.807, 2.05) is 42.5 Å². The van der Waals surface area contributed by atoms with Gasteiger partial charge in [0, 0.05) is 7.14 Å². The molecule has 0 saturated carbocycles. The Hall–Kier alpha value is -0.500. The number of ether oxygens (including phenoxy) is 2. The van der Waals surface area contributed by atoms with Crippen molar-refractivity contribution in [3.8, 4) is 11.5 Å². The number of hydrogen-bond acceptors (Lipinski definition) is 2. The van der Waals surface area contributed by atoms with Gasteiger partial charge < -0.3 is 9.47 Å². The summed E-state index contributed by atoms with van der Waals surface area (Å²) in [6, 6.07) is 14.1. The van der Waals surface area contributed by atoms with E-state index in [0.29, 0.717) is 6.61 Å². The molecule has 0 aliphatic carbocycles. The van der Waals surface area contributed by atoms with E-state index >= 15 is 0 Å². The Morgan fingerprint density at radius 2 is 1.56 bits per heavy atom. The van der Waals surface area contributed by atoms with Crippen LogP contribution in [0.25, 0.3) is 0 Å². The van der Waals surface area contributed by atoms with Crippen LogP contribution >= 0.6 is 45.2 Å². The first-order valence-electron chi connectivity index (χ1n) is 5.40. The minimum absolute atomic E-state index is 0.549. The van der Waals surface area contributed by atoms with Gasteiger partial charge in [-0.3, -0.25) is 0 Å². The summed E-state index contributed by atoms with van der Waals surface area (Å²) >= 11 is 4.58. The summed E-state index contributed by atoms with van der Waals surface area (Å²) in [4.78, 5) is 0. The van der Waals surface area contributed by atoms with Crippen LogP contribution in [0.5, 0.6) is 11.5 Å². The molecule has 0 aliphatic heterocycles. The second kappa shape index (κ2) is 6.60. The Labute approximate surface area is 134 Å². The number of methoxy groups -OCH3 is 1. The van der Waals surface area contributed by atoms with Crippen molar-refractivity contribution in [2.24, 2.45) is 0 Å². The monoisotopic (exact) mass is 466 g/mol. The van der Waals surface area contributed by atoms with Crippen LogP contribution in [0.2, 0.25) is 0 Å². The van der Waals surface area contributed by atoms with Gasteiger partial charge in [0.1, 0.15) is 6.61 Å². The second-order valence-corrected chi connectivity index (χ2v) is 6.02. The lowest BCUT2D eigenvalue weighted by Gasteiger charge is -2.12. The van der Waals surface area contributed by atoms with E-state index in [9.17, 15) is 0 Å². The van der Waals surface area contributed by atoms with Gasteiger partial charge in [-0.2, -0.15) is 0 Å². The van der Waals surface area contributed by atoms with Crippen LogP contribution in [0.15, 0.2) is 42.5 Å². The predicted molar refractivity (Wildman–Crippen MR) is 89.2 cm³/mol. The van der Waals surface area contributed by atoms with Crippen LogP contribution in [0.1, 0.15) is 5.56 Å². The third kappa shape index (κ3) is 3.50. The highest BCUT2D eigenvalue weighted by Gasteiger charge is 2.08. The Balaban J connectivity index is 2.16. The van der Waals surface area contributed by atoms with Crippen molar-refractivity contribution >= 4 is 45.2 Å². The van der Waals surface area contributed by atoms with Gasteiger partial charge in [-0.25, -0.2) is 0 Å². The van der Waals surface area contributed by atoms with E-state index in [0.717, 1.165) is 24.2 Å². The first-order valence-corrected chi connectivity index (χ1v) is 7.56.